The van der Waals surface area contributed by atoms with E-state index in [0.29, 0.717) is 0 Å². The molecule has 0 spiro atoms. The molecule has 12 aliphatic carbocycles. The van der Waals surface area contributed by atoms with E-state index in [2.05, 4.69) is 206 Å². The summed E-state index contributed by atoms with van der Waals surface area (Å²) in [5.74, 6) is 38.4. The number of alkyl halides is 3. The molecule has 0 aromatic carbocycles. The Bertz CT molecular complexity index is 2000. The Balaban J connectivity index is 1.18. The van der Waals surface area contributed by atoms with Gasteiger partial charge in [-0.2, -0.15) is 0 Å². The van der Waals surface area contributed by atoms with Gasteiger partial charge in [0.05, 0.1) is 0 Å². The predicted molar refractivity (Wildman–Crippen MR) is 337 cm³/mol. The number of halogens is 3. The van der Waals surface area contributed by atoms with Crippen LogP contribution in [0.5, 0.6) is 0 Å². The summed E-state index contributed by atoms with van der Waals surface area (Å²) in [7, 11) is 0. The third-order valence-corrected chi connectivity index (χ3v) is 34.1. The third kappa shape index (κ3) is 7.56. The van der Waals surface area contributed by atoms with E-state index < -0.39 is 0 Å². The Labute approximate surface area is 494 Å². The van der Waals surface area contributed by atoms with Gasteiger partial charge in [-0.3, -0.25) is 0 Å². The molecule has 12 fully saturated rings. The summed E-state index contributed by atoms with van der Waals surface area (Å²) in [4.78, 5) is 0. The van der Waals surface area contributed by atoms with E-state index in [4.69, 9.17) is 0 Å². The SMILES string of the molecule is CC(I)CC1C(C)C2C(C)C3C(C(C)C(C)C)C(C(C)C(C)C)C(C)C4C5C(C(C)C(C)C)C(C)C6C(C(C(C)C)C(C)C(C)C)CC7CC8C(C)CC(I)C9C%10CC(I)C1C1C%10C%10C(C7C6C5C%10C(C34)C21)C89. The van der Waals surface area contributed by atoms with Crippen LogP contribution in [0.25, 0.3) is 0 Å². The fourth-order valence-corrected chi connectivity index (χ4v) is 32.8. The normalized spacial score (nSPS) is 59.0. The average molecular weight is 1340 g/mol. The van der Waals surface area contributed by atoms with Crippen LogP contribution in [0.4, 0.5) is 0 Å². The molecule has 0 aromatic heterocycles. The number of hydrogen-bond donors (Lipinski definition) is 0. The van der Waals surface area contributed by atoms with Gasteiger partial charge in [0, 0.05) is 11.8 Å². The Morgan fingerprint density at radius 1 is 0.356 bits per heavy atom. The number of fused-ring (bicyclic) bond motifs is 2. The van der Waals surface area contributed by atoms with Crippen molar-refractivity contribution in [2.75, 3.05) is 0 Å². The van der Waals surface area contributed by atoms with Gasteiger partial charge >= 0.3 is 0 Å². The molecule has 0 saturated heterocycles. The van der Waals surface area contributed by atoms with Crippen molar-refractivity contribution in [3.05, 3.63) is 0 Å². The van der Waals surface area contributed by atoms with Crippen LogP contribution < -0.4 is 0 Å². The molecule has 0 radical (unpaired) electrons. The Morgan fingerprint density at radius 2 is 0.836 bits per heavy atom. The molecule has 3 heteroatoms. The van der Waals surface area contributed by atoms with E-state index in [-0.39, 0.29) is 0 Å². The van der Waals surface area contributed by atoms with Gasteiger partial charge < -0.3 is 0 Å². The minimum Gasteiger partial charge on any atom is -0.0829 e. The van der Waals surface area contributed by atoms with Crippen LogP contribution in [-0.2, 0) is 0 Å². The molecule has 0 N–H and O–H groups in total. The van der Waals surface area contributed by atoms with Gasteiger partial charge in [0.1, 0.15) is 0 Å². The Hall–Kier alpha value is 2.19. The lowest BCUT2D eigenvalue weighted by Crippen LogP contribution is -2.81. The molecular formula is C70H115I3. The van der Waals surface area contributed by atoms with Crippen molar-refractivity contribution in [2.45, 2.75) is 182 Å². The van der Waals surface area contributed by atoms with Crippen molar-refractivity contribution in [1.82, 2.24) is 0 Å². The van der Waals surface area contributed by atoms with Crippen LogP contribution in [0.3, 0.4) is 0 Å². The standard InChI is InChI=1S/C70H115I3/c1-26(2)33(13)48(30(9)10)44-24-41-23-42-31(11)21-46(72)58-45-25-47(73)57-43(22-32(12)71)37(17)51-40(20)54-53(36(16)29(7)8)49(34(14)27(3)4)39(19)55-61-50(35(15)28(5)6)38(18)52(44)63-56(41)65(59(42)58)67-60(45)66(57)62(51)69(64(54)55)70(67)68(61)63/h26-70H,21-25H2,1-20H3. The highest BCUT2D eigenvalue weighted by atomic mass is 127. The molecule has 0 amide bonds. The lowest BCUT2D eigenvalue weighted by molar-refractivity contribution is -0.373. The second-order valence-corrected chi connectivity index (χ2v) is 39.1. The first-order valence-corrected chi connectivity index (χ1v) is 37.0. The zero-order valence-corrected chi connectivity index (χ0v) is 57.1. The lowest BCUT2D eigenvalue weighted by Gasteiger charge is -2.85. The largest absolute Gasteiger partial charge is 0.0829 e. The minimum absolute atomic E-state index is 0.754. The van der Waals surface area contributed by atoms with Crippen LogP contribution in [0, 0.1) is 249 Å². The number of rotatable bonds is 12. The van der Waals surface area contributed by atoms with Gasteiger partial charge in [0.25, 0.3) is 0 Å². The molecule has 12 aliphatic rings. The Morgan fingerprint density at radius 3 is 1.42 bits per heavy atom. The molecule has 12 saturated carbocycles. The summed E-state index contributed by atoms with van der Waals surface area (Å²) < 4.78 is 2.56. The molecule has 40 atom stereocenters. The molecule has 0 heterocycles. The van der Waals surface area contributed by atoms with Gasteiger partial charge in [-0.25, -0.2) is 0 Å². The summed E-state index contributed by atoms with van der Waals surface area (Å²) in [5, 5.41) is 0. The maximum Gasteiger partial charge on any atom is 0.0146 e. The zero-order chi connectivity index (χ0) is 52.5. The van der Waals surface area contributed by atoms with Gasteiger partial charge in [0.2, 0.25) is 0 Å². The minimum atomic E-state index is 0.754. The Kier molecular flexibility index (Phi) is 15.0. The van der Waals surface area contributed by atoms with Crippen molar-refractivity contribution in [1.29, 1.82) is 0 Å². The lowest BCUT2D eigenvalue weighted by atomic mass is 9.20. The van der Waals surface area contributed by atoms with Crippen LogP contribution in [0.1, 0.15) is 171 Å². The maximum absolute atomic E-state index is 3.24. The highest BCUT2D eigenvalue weighted by Crippen LogP contribution is 2.86. The first-order valence-electron chi connectivity index (χ1n) is 33.3. The summed E-state index contributed by atoms with van der Waals surface area (Å²) >= 11 is 9.34. The van der Waals surface area contributed by atoms with E-state index in [1.165, 1.54) is 12.8 Å². The molecule has 0 aromatic rings. The topological polar surface area (TPSA) is 0 Å². The smallest absolute Gasteiger partial charge is 0.0146 e. The predicted octanol–water partition coefficient (Wildman–Crippen LogP) is 19.8. The highest BCUT2D eigenvalue weighted by Gasteiger charge is 2.83. The van der Waals surface area contributed by atoms with E-state index in [0.717, 1.165) is 260 Å². The second-order valence-electron chi connectivity index (χ2n) is 33.8. The van der Waals surface area contributed by atoms with Crippen molar-refractivity contribution in [2.24, 2.45) is 249 Å². The first-order chi connectivity index (χ1) is 34.4. The fourth-order valence-electron chi connectivity index (χ4n) is 28.8. The monoisotopic (exact) mass is 1340 g/mol. The summed E-state index contributed by atoms with van der Waals surface area (Å²) in [6.07, 6.45) is 7.86. The van der Waals surface area contributed by atoms with Gasteiger partial charge in [-0.1, -0.05) is 206 Å². The molecule has 12 rings (SSSR count). The summed E-state index contributed by atoms with van der Waals surface area (Å²) in [6.45, 7) is 55.7. The van der Waals surface area contributed by atoms with Crippen molar-refractivity contribution < 1.29 is 0 Å². The van der Waals surface area contributed by atoms with Crippen LogP contribution in [0.2, 0.25) is 0 Å². The molecule has 73 heavy (non-hydrogen) atoms. The van der Waals surface area contributed by atoms with Crippen LogP contribution in [-0.4, -0.2) is 11.8 Å². The van der Waals surface area contributed by atoms with Gasteiger partial charge in [-0.15, -0.1) is 0 Å². The highest BCUT2D eigenvalue weighted by molar-refractivity contribution is 14.1. The summed E-state index contributed by atoms with van der Waals surface area (Å²) in [5.41, 5.74) is 0. The molecule has 0 aliphatic heterocycles. The van der Waals surface area contributed by atoms with E-state index in [1.807, 2.05) is 0 Å². The molecule has 0 nitrogen and oxygen atoms in total. The van der Waals surface area contributed by atoms with E-state index in [1.54, 1.807) is 19.3 Å². The quantitative estimate of drug-likeness (QED) is 0.135. The van der Waals surface area contributed by atoms with Crippen molar-refractivity contribution in [3.63, 3.8) is 0 Å². The molecular weight excluding hydrogens is 1220 g/mol. The maximum atomic E-state index is 3.24. The fraction of sp³-hybridized carbons (Fsp3) is 1.00. The number of hydrogen-bond acceptors (Lipinski definition) is 0. The van der Waals surface area contributed by atoms with Crippen LogP contribution in [0.15, 0.2) is 0 Å². The van der Waals surface area contributed by atoms with E-state index >= 15 is 0 Å². The van der Waals surface area contributed by atoms with Gasteiger partial charge in [0.15, 0.2) is 0 Å². The van der Waals surface area contributed by atoms with Gasteiger partial charge in [-0.05, 0) is 281 Å². The van der Waals surface area contributed by atoms with Crippen molar-refractivity contribution >= 4 is 67.8 Å². The van der Waals surface area contributed by atoms with Crippen LogP contribution >= 0.6 is 67.8 Å². The second kappa shape index (κ2) is 19.7. The van der Waals surface area contributed by atoms with E-state index in [9.17, 15) is 0 Å². The molecule has 40 unspecified atom stereocenters. The molecule has 416 valence electrons. The average Bonchev–Trinajstić information content (AvgIpc) is 3.31. The first kappa shape index (κ1) is 55.7. The zero-order valence-electron chi connectivity index (χ0n) is 50.7. The third-order valence-electron chi connectivity index (χ3n) is 30.9. The molecule has 0 bridgehead atoms. The van der Waals surface area contributed by atoms with Crippen molar-refractivity contribution in [3.8, 4) is 0 Å². The summed E-state index contributed by atoms with van der Waals surface area (Å²) in [6, 6.07) is 0.